The summed E-state index contributed by atoms with van der Waals surface area (Å²) in [7, 11) is 2.46. The van der Waals surface area contributed by atoms with Gasteiger partial charge in [-0.15, -0.1) is 0 Å². The maximum absolute atomic E-state index is 14.5. The molecular formula is C18H23FO6. The van der Waals surface area contributed by atoms with E-state index in [1.54, 1.807) is 13.0 Å². The van der Waals surface area contributed by atoms with Crippen LogP contribution in [0, 0.1) is 5.82 Å². The van der Waals surface area contributed by atoms with Crippen molar-refractivity contribution in [2.75, 3.05) is 20.8 Å². The van der Waals surface area contributed by atoms with Crippen LogP contribution in [0.2, 0.25) is 0 Å². The molecule has 0 aliphatic rings. The first-order valence-corrected chi connectivity index (χ1v) is 7.97. The minimum atomic E-state index is -1.48. The van der Waals surface area contributed by atoms with Crippen LogP contribution >= 0.6 is 0 Å². The third kappa shape index (κ3) is 5.27. The first kappa shape index (κ1) is 20.6. The normalized spacial score (nSPS) is 10.9. The lowest BCUT2D eigenvalue weighted by Gasteiger charge is -2.32. The number of methoxy groups -OCH3 is 2. The lowest BCUT2D eigenvalue weighted by Crippen LogP contribution is -2.40. The predicted molar refractivity (Wildman–Crippen MR) is 87.2 cm³/mol. The van der Waals surface area contributed by atoms with E-state index in [-0.39, 0.29) is 37.9 Å². The predicted octanol–water partition coefficient (Wildman–Crippen LogP) is 2.53. The van der Waals surface area contributed by atoms with E-state index in [9.17, 15) is 18.8 Å². The van der Waals surface area contributed by atoms with Crippen LogP contribution in [0.1, 0.15) is 38.2 Å². The molecule has 0 unspecified atom stereocenters. The monoisotopic (exact) mass is 354 g/mol. The summed E-state index contributed by atoms with van der Waals surface area (Å²) < 4.78 is 28.8. The summed E-state index contributed by atoms with van der Waals surface area (Å²) >= 11 is 0. The van der Waals surface area contributed by atoms with Crippen LogP contribution in [-0.4, -0.2) is 38.7 Å². The van der Waals surface area contributed by atoms with Crippen molar-refractivity contribution in [3.8, 4) is 0 Å². The second-order valence-corrected chi connectivity index (χ2v) is 5.43. The molecule has 7 heteroatoms. The zero-order chi connectivity index (χ0) is 18.9. The molecule has 0 saturated carbocycles. The van der Waals surface area contributed by atoms with Crippen LogP contribution in [-0.2, 0) is 34.0 Å². The summed E-state index contributed by atoms with van der Waals surface area (Å²) in [6, 6.07) is 5.76. The fraction of sp³-hybridized carbons (Fsp3) is 0.500. The van der Waals surface area contributed by atoms with Crippen molar-refractivity contribution in [1.82, 2.24) is 0 Å². The van der Waals surface area contributed by atoms with Gasteiger partial charge in [-0.2, -0.15) is 0 Å². The van der Waals surface area contributed by atoms with Crippen LogP contribution in [0.5, 0.6) is 0 Å². The Bertz CT molecular complexity index is 593. The third-order valence-electron chi connectivity index (χ3n) is 4.02. The van der Waals surface area contributed by atoms with Gasteiger partial charge in [0.25, 0.3) is 0 Å². The molecule has 138 valence electrons. The van der Waals surface area contributed by atoms with Gasteiger partial charge < -0.3 is 14.2 Å². The van der Waals surface area contributed by atoms with E-state index in [1.165, 1.54) is 32.4 Å². The van der Waals surface area contributed by atoms with E-state index in [1.807, 2.05) is 0 Å². The average molecular weight is 354 g/mol. The van der Waals surface area contributed by atoms with Crippen LogP contribution in [0.25, 0.3) is 0 Å². The molecule has 0 aliphatic heterocycles. The highest BCUT2D eigenvalue weighted by molar-refractivity contribution is 5.85. The maximum atomic E-state index is 14.5. The molecule has 1 aromatic rings. The Kier molecular flexibility index (Phi) is 8.04. The molecule has 6 nitrogen and oxygen atoms in total. The number of hydrogen-bond donors (Lipinski definition) is 0. The number of ether oxygens (including phenoxy) is 3. The molecule has 0 aliphatic carbocycles. The summed E-state index contributed by atoms with van der Waals surface area (Å²) in [5.41, 5.74) is -1.40. The summed E-state index contributed by atoms with van der Waals surface area (Å²) in [6.07, 6.45) is -0.331. The smallest absolute Gasteiger partial charge is 0.316 e. The first-order chi connectivity index (χ1) is 11.9. The highest BCUT2D eigenvalue weighted by Gasteiger charge is 2.44. The van der Waals surface area contributed by atoms with Gasteiger partial charge in [0.15, 0.2) is 0 Å². The van der Waals surface area contributed by atoms with E-state index in [0.29, 0.717) is 0 Å². The van der Waals surface area contributed by atoms with Gasteiger partial charge in [-0.1, -0.05) is 18.2 Å². The van der Waals surface area contributed by atoms with Crippen molar-refractivity contribution in [2.45, 2.75) is 38.0 Å². The number of hydrogen-bond acceptors (Lipinski definition) is 6. The average Bonchev–Trinajstić information content (AvgIpc) is 2.62. The van der Waals surface area contributed by atoms with Crippen LogP contribution in [0.4, 0.5) is 4.39 Å². The molecule has 0 radical (unpaired) electrons. The van der Waals surface area contributed by atoms with Gasteiger partial charge in [-0.3, -0.25) is 14.4 Å². The standard InChI is InChI=1S/C18H23FO6/c1-4-25-17(22)18(11-9-15(20)23-2,12-10-16(21)24-3)13-7-5-6-8-14(13)19/h5-8H,4,9-12H2,1-3H3. The Hall–Kier alpha value is -2.44. The number of halogens is 1. The van der Waals surface area contributed by atoms with Crippen molar-refractivity contribution in [2.24, 2.45) is 0 Å². The number of benzene rings is 1. The Labute approximate surface area is 146 Å². The Morgan fingerprint density at radius 3 is 1.96 bits per heavy atom. The van der Waals surface area contributed by atoms with Crippen molar-refractivity contribution in [3.63, 3.8) is 0 Å². The van der Waals surface area contributed by atoms with Crippen molar-refractivity contribution in [3.05, 3.63) is 35.6 Å². The molecule has 0 heterocycles. The van der Waals surface area contributed by atoms with E-state index >= 15 is 0 Å². The van der Waals surface area contributed by atoms with Gasteiger partial charge in [-0.25, -0.2) is 4.39 Å². The number of esters is 3. The lowest BCUT2D eigenvalue weighted by atomic mass is 9.73. The van der Waals surface area contributed by atoms with Gasteiger partial charge in [0, 0.05) is 18.4 Å². The largest absolute Gasteiger partial charge is 0.469 e. The molecule has 0 atom stereocenters. The van der Waals surface area contributed by atoms with Crippen LogP contribution in [0.15, 0.2) is 24.3 Å². The summed E-state index contributed by atoms with van der Waals surface area (Å²) in [4.78, 5) is 35.9. The second-order valence-electron chi connectivity index (χ2n) is 5.43. The fourth-order valence-electron chi connectivity index (χ4n) is 2.66. The molecule has 0 N–H and O–H groups in total. The molecule has 0 fully saturated rings. The minimum Gasteiger partial charge on any atom is -0.469 e. The summed E-state index contributed by atoms with van der Waals surface area (Å²) in [5.74, 6) is -2.37. The summed E-state index contributed by atoms with van der Waals surface area (Å²) in [6.45, 7) is 1.72. The molecule has 1 rings (SSSR count). The zero-order valence-electron chi connectivity index (χ0n) is 14.7. The van der Waals surface area contributed by atoms with Crippen molar-refractivity contribution >= 4 is 17.9 Å². The minimum absolute atomic E-state index is 0.0452. The third-order valence-corrected chi connectivity index (χ3v) is 4.02. The van der Waals surface area contributed by atoms with E-state index < -0.39 is 29.1 Å². The van der Waals surface area contributed by atoms with Crippen LogP contribution < -0.4 is 0 Å². The van der Waals surface area contributed by atoms with Crippen LogP contribution in [0.3, 0.4) is 0 Å². The van der Waals surface area contributed by atoms with Crippen molar-refractivity contribution < 1.29 is 33.0 Å². The van der Waals surface area contributed by atoms with Gasteiger partial charge in [0.05, 0.1) is 26.2 Å². The maximum Gasteiger partial charge on any atom is 0.316 e. The highest BCUT2D eigenvalue weighted by atomic mass is 19.1. The summed E-state index contributed by atoms with van der Waals surface area (Å²) in [5, 5.41) is 0. The lowest BCUT2D eigenvalue weighted by molar-refractivity contribution is -0.152. The molecular weight excluding hydrogens is 331 g/mol. The van der Waals surface area contributed by atoms with Gasteiger partial charge in [-0.05, 0) is 25.8 Å². The van der Waals surface area contributed by atoms with Gasteiger partial charge >= 0.3 is 17.9 Å². The Balaban J connectivity index is 3.34. The van der Waals surface area contributed by atoms with E-state index in [0.717, 1.165) is 0 Å². The molecule has 0 amide bonds. The fourth-order valence-corrected chi connectivity index (χ4v) is 2.66. The number of carbonyl (C=O) groups is 3. The number of carbonyl (C=O) groups excluding carboxylic acids is 3. The molecule has 1 aromatic carbocycles. The van der Waals surface area contributed by atoms with Gasteiger partial charge in [0.2, 0.25) is 0 Å². The molecule has 25 heavy (non-hydrogen) atoms. The topological polar surface area (TPSA) is 78.9 Å². The SMILES string of the molecule is CCOC(=O)C(CCC(=O)OC)(CCC(=O)OC)c1ccccc1F. The quantitative estimate of drug-likeness (QED) is 0.501. The highest BCUT2D eigenvalue weighted by Crippen LogP contribution is 2.37. The Morgan fingerprint density at radius 1 is 1.00 bits per heavy atom. The zero-order valence-corrected chi connectivity index (χ0v) is 14.7. The molecule has 0 bridgehead atoms. The molecule has 0 spiro atoms. The number of rotatable bonds is 9. The van der Waals surface area contributed by atoms with Crippen molar-refractivity contribution in [1.29, 1.82) is 0 Å². The molecule has 0 saturated heterocycles. The Morgan fingerprint density at radius 2 is 1.52 bits per heavy atom. The second kappa shape index (κ2) is 9.76. The van der Waals surface area contributed by atoms with E-state index in [4.69, 9.17) is 4.74 Å². The first-order valence-electron chi connectivity index (χ1n) is 7.97. The van der Waals surface area contributed by atoms with Gasteiger partial charge in [0.1, 0.15) is 5.82 Å². The molecule has 0 aromatic heterocycles. The van der Waals surface area contributed by atoms with E-state index in [2.05, 4.69) is 9.47 Å².